The van der Waals surface area contributed by atoms with E-state index in [2.05, 4.69) is 21.4 Å². The number of aromatic nitrogens is 4. The highest BCUT2D eigenvalue weighted by atomic mass is 16.5. The van der Waals surface area contributed by atoms with Gasteiger partial charge < -0.3 is 9.42 Å². The molecule has 1 aromatic carbocycles. The highest BCUT2D eigenvalue weighted by Gasteiger charge is 2.27. The number of aryl methyl sites for hydroxylation is 1. The van der Waals surface area contributed by atoms with Crippen LogP contribution in [0, 0.1) is 11.5 Å². The third kappa shape index (κ3) is 2.63. The van der Waals surface area contributed by atoms with E-state index in [4.69, 9.17) is 9.78 Å². The molecule has 0 spiro atoms. The Kier molecular flexibility index (Phi) is 3.50. The summed E-state index contributed by atoms with van der Waals surface area (Å²) in [5.74, 6) is 1.36. The van der Waals surface area contributed by atoms with Crippen LogP contribution in [0.25, 0.3) is 22.6 Å². The monoisotopic (exact) mass is 320 g/mol. The first-order chi connectivity index (χ1) is 11.7. The zero-order valence-corrected chi connectivity index (χ0v) is 13.3. The van der Waals surface area contributed by atoms with Crippen molar-refractivity contribution >= 4 is 0 Å². The summed E-state index contributed by atoms with van der Waals surface area (Å²) in [4.78, 5) is 6.23. The lowest BCUT2D eigenvalue weighted by molar-refractivity contribution is 0.413. The van der Waals surface area contributed by atoms with Crippen LogP contribution in [0.5, 0.6) is 0 Å². The van der Waals surface area contributed by atoms with Gasteiger partial charge in [-0.3, -0.25) is 4.68 Å². The van der Waals surface area contributed by atoms with Gasteiger partial charge in [-0.25, -0.2) is 0 Å². The molecule has 0 radical (unpaired) electrons. The third-order valence-corrected chi connectivity index (χ3v) is 4.31. The van der Waals surface area contributed by atoms with E-state index in [1.165, 1.54) is 0 Å². The van der Waals surface area contributed by atoms with Crippen LogP contribution < -0.4 is 0 Å². The average molecular weight is 320 g/mol. The van der Waals surface area contributed by atoms with E-state index in [1.807, 2.05) is 43.7 Å². The second kappa shape index (κ2) is 5.81. The molecule has 1 aliphatic rings. The zero-order chi connectivity index (χ0) is 16.5. The molecule has 1 atom stereocenters. The van der Waals surface area contributed by atoms with Crippen LogP contribution in [0.15, 0.2) is 41.2 Å². The van der Waals surface area contributed by atoms with E-state index in [0.29, 0.717) is 18.3 Å². The van der Waals surface area contributed by atoms with Crippen molar-refractivity contribution in [1.82, 2.24) is 24.8 Å². The minimum absolute atomic E-state index is 0.164. The number of benzene rings is 1. The lowest BCUT2D eigenvalue weighted by atomic mass is 10.1. The Morgan fingerprint density at radius 2 is 2.00 bits per heavy atom. The molecule has 0 N–H and O–H groups in total. The Morgan fingerprint density at radius 1 is 1.21 bits per heavy atom. The van der Waals surface area contributed by atoms with E-state index in [9.17, 15) is 0 Å². The van der Waals surface area contributed by atoms with E-state index in [-0.39, 0.29) is 5.92 Å². The van der Waals surface area contributed by atoms with Gasteiger partial charge in [-0.1, -0.05) is 17.3 Å². The molecule has 120 valence electrons. The number of nitriles is 1. The number of hydrogen-bond donors (Lipinski definition) is 0. The average Bonchev–Trinajstić information content (AvgIpc) is 3.35. The summed E-state index contributed by atoms with van der Waals surface area (Å²) < 4.78 is 7.18. The zero-order valence-electron chi connectivity index (χ0n) is 13.3. The van der Waals surface area contributed by atoms with Crippen molar-refractivity contribution in [3.63, 3.8) is 0 Å². The van der Waals surface area contributed by atoms with Gasteiger partial charge in [0.15, 0.2) is 12.0 Å². The molecule has 0 bridgehead atoms. The van der Waals surface area contributed by atoms with Crippen LogP contribution in [0.1, 0.15) is 18.2 Å². The van der Waals surface area contributed by atoms with Gasteiger partial charge in [0.2, 0.25) is 0 Å². The first kappa shape index (κ1) is 14.5. The molecule has 1 unspecified atom stereocenters. The lowest BCUT2D eigenvalue weighted by Crippen LogP contribution is -2.13. The van der Waals surface area contributed by atoms with Crippen LogP contribution in [0.2, 0.25) is 0 Å². The summed E-state index contributed by atoms with van der Waals surface area (Å²) in [7, 11) is 1.90. The summed E-state index contributed by atoms with van der Waals surface area (Å²) in [5.41, 5.74) is 3.04. The molecule has 7 heteroatoms. The summed E-state index contributed by atoms with van der Waals surface area (Å²) in [6.45, 7) is 1.42. The standard InChI is InChI=1S/C17H16N6O/c1-22-9-15(8-19-22)12-2-4-13(5-3-12)17-20-16(21-24-17)14-6-7-23(10-14)11-18/h2-5,8-9,14H,6-7,10H2,1H3. The fourth-order valence-electron chi connectivity index (χ4n) is 2.96. The molecule has 1 saturated heterocycles. The van der Waals surface area contributed by atoms with Gasteiger partial charge in [-0.15, -0.1) is 0 Å². The van der Waals surface area contributed by atoms with Gasteiger partial charge in [0.1, 0.15) is 0 Å². The largest absolute Gasteiger partial charge is 0.334 e. The molecule has 0 saturated carbocycles. The number of likely N-dealkylation sites (tertiary alicyclic amines) is 1. The van der Waals surface area contributed by atoms with Gasteiger partial charge in [0.05, 0.1) is 6.20 Å². The fourth-order valence-corrected chi connectivity index (χ4v) is 2.96. The predicted molar refractivity (Wildman–Crippen MR) is 86.5 cm³/mol. The van der Waals surface area contributed by atoms with Gasteiger partial charge in [-0.2, -0.15) is 15.3 Å². The number of nitrogens with zero attached hydrogens (tertiary/aromatic N) is 6. The summed E-state index contributed by atoms with van der Waals surface area (Å²) in [5, 5.41) is 17.2. The van der Waals surface area contributed by atoms with Crippen molar-refractivity contribution in [2.75, 3.05) is 13.1 Å². The van der Waals surface area contributed by atoms with Crippen molar-refractivity contribution in [3.8, 4) is 28.8 Å². The number of hydrogen-bond acceptors (Lipinski definition) is 6. The van der Waals surface area contributed by atoms with Crippen LogP contribution in [0.4, 0.5) is 0 Å². The highest BCUT2D eigenvalue weighted by Crippen LogP contribution is 2.28. The second-order valence-corrected chi connectivity index (χ2v) is 5.97. The van der Waals surface area contributed by atoms with E-state index >= 15 is 0 Å². The predicted octanol–water partition coefficient (Wildman–Crippen LogP) is 2.41. The van der Waals surface area contributed by atoms with Gasteiger partial charge in [0, 0.05) is 43.4 Å². The molecule has 3 heterocycles. The quantitative estimate of drug-likeness (QED) is 0.689. The van der Waals surface area contributed by atoms with Gasteiger partial charge in [-0.05, 0) is 24.1 Å². The Labute approximate surface area is 139 Å². The van der Waals surface area contributed by atoms with Crippen LogP contribution in [-0.4, -0.2) is 37.9 Å². The van der Waals surface area contributed by atoms with Crippen molar-refractivity contribution in [2.45, 2.75) is 12.3 Å². The Hall–Kier alpha value is -3.14. The molecule has 7 nitrogen and oxygen atoms in total. The van der Waals surface area contributed by atoms with Crippen molar-refractivity contribution in [3.05, 3.63) is 42.5 Å². The minimum Gasteiger partial charge on any atom is -0.334 e. The molecular weight excluding hydrogens is 304 g/mol. The SMILES string of the molecule is Cn1cc(-c2ccc(-c3nc(C4CCN(C#N)C4)no3)cc2)cn1. The van der Waals surface area contributed by atoms with Crippen LogP contribution in [0.3, 0.4) is 0 Å². The molecule has 2 aromatic heterocycles. The molecule has 0 aliphatic carbocycles. The second-order valence-electron chi connectivity index (χ2n) is 5.97. The Morgan fingerprint density at radius 3 is 2.67 bits per heavy atom. The lowest BCUT2D eigenvalue weighted by Gasteiger charge is -2.04. The topological polar surface area (TPSA) is 83.8 Å². The third-order valence-electron chi connectivity index (χ3n) is 4.31. The van der Waals surface area contributed by atoms with E-state index < -0.39 is 0 Å². The fraction of sp³-hybridized carbons (Fsp3) is 0.294. The summed E-state index contributed by atoms with van der Waals surface area (Å²) in [6.07, 6.45) is 6.85. The highest BCUT2D eigenvalue weighted by molar-refractivity contribution is 5.66. The number of rotatable bonds is 3. The molecule has 1 aliphatic heterocycles. The molecular formula is C17H16N6O. The summed E-state index contributed by atoms with van der Waals surface area (Å²) in [6, 6.07) is 7.97. The first-order valence-corrected chi connectivity index (χ1v) is 7.80. The smallest absolute Gasteiger partial charge is 0.257 e. The van der Waals surface area contributed by atoms with Crippen molar-refractivity contribution in [1.29, 1.82) is 5.26 Å². The molecule has 3 aromatic rings. The minimum atomic E-state index is 0.164. The molecule has 0 amide bonds. The van der Waals surface area contributed by atoms with Crippen LogP contribution in [-0.2, 0) is 7.05 Å². The van der Waals surface area contributed by atoms with Gasteiger partial charge >= 0.3 is 0 Å². The molecule has 4 rings (SSSR count). The molecule has 24 heavy (non-hydrogen) atoms. The Bertz CT molecular complexity index is 888. The maximum absolute atomic E-state index is 8.94. The van der Waals surface area contributed by atoms with E-state index in [0.717, 1.165) is 29.7 Å². The van der Waals surface area contributed by atoms with E-state index in [1.54, 1.807) is 9.58 Å². The van der Waals surface area contributed by atoms with Crippen molar-refractivity contribution in [2.24, 2.45) is 7.05 Å². The molecule has 1 fully saturated rings. The maximum atomic E-state index is 8.94. The summed E-state index contributed by atoms with van der Waals surface area (Å²) >= 11 is 0. The maximum Gasteiger partial charge on any atom is 0.257 e. The van der Waals surface area contributed by atoms with Gasteiger partial charge in [0.25, 0.3) is 5.89 Å². The normalized spacial score (nSPS) is 17.2. The van der Waals surface area contributed by atoms with Crippen LogP contribution >= 0.6 is 0 Å². The Balaban J connectivity index is 1.53. The first-order valence-electron chi connectivity index (χ1n) is 7.80. The van der Waals surface area contributed by atoms with Crippen molar-refractivity contribution < 1.29 is 4.52 Å².